The minimum Gasteiger partial charge on any atom is -0.490 e. The van der Waals surface area contributed by atoms with Crippen LogP contribution in [0.5, 0.6) is 11.5 Å². The maximum absolute atomic E-state index is 12.8. The minimum absolute atomic E-state index is 0.128. The van der Waals surface area contributed by atoms with Gasteiger partial charge in [0.15, 0.2) is 18.1 Å². The van der Waals surface area contributed by atoms with E-state index in [-0.39, 0.29) is 22.1 Å². The molecule has 3 aromatic rings. The van der Waals surface area contributed by atoms with E-state index in [0.29, 0.717) is 28.9 Å². The summed E-state index contributed by atoms with van der Waals surface area (Å²) in [4.78, 5) is 28.0. The van der Waals surface area contributed by atoms with E-state index < -0.39 is 12.6 Å². The second kappa shape index (κ2) is 9.27. The quantitative estimate of drug-likeness (QED) is 0.500. The van der Waals surface area contributed by atoms with Crippen LogP contribution in [-0.4, -0.2) is 40.2 Å². The van der Waals surface area contributed by atoms with Gasteiger partial charge in [0, 0.05) is 4.47 Å². The van der Waals surface area contributed by atoms with Gasteiger partial charge in [-0.05, 0) is 49.7 Å². The number of aromatic nitrogens is 2. The molecule has 2 aromatic carbocycles. The average molecular weight is 495 g/mol. The number of carboxylic acids is 1. The van der Waals surface area contributed by atoms with E-state index in [1.54, 1.807) is 32.0 Å². The topological polar surface area (TPSA) is 103 Å². The van der Waals surface area contributed by atoms with Crippen LogP contribution in [0.25, 0.3) is 10.9 Å². The Morgan fingerprint density at radius 2 is 2.10 bits per heavy atom. The number of aryl methyl sites for hydroxylation is 1. The van der Waals surface area contributed by atoms with Gasteiger partial charge in [-0.3, -0.25) is 4.79 Å². The van der Waals surface area contributed by atoms with Gasteiger partial charge in [-0.1, -0.05) is 27.5 Å². The van der Waals surface area contributed by atoms with Crippen LogP contribution in [-0.2, 0) is 4.79 Å². The SMILES string of the molecule is CCOc1cc(C=Nn2c(C)nc3ccc(Br)cc3c2=O)cc(Cl)c1OCC(=O)O. The fraction of sp³-hybridized carbons (Fsp3) is 0.200. The highest BCUT2D eigenvalue weighted by atomic mass is 79.9. The molecule has 3 rings (SSSR count). The van der Waals surface area contributed by atoms with E-state index in [1.807, 2.05) is 6.07 Å². The number of aliphatic carboxylic acids is 1. The van der Waals surface area contributed by atoms with Crippen LogP contribution < -0.4 is 15.0 Å². The molecule has 0 aliphatic carbocycles. The molecule has 0 aliphatic rings. The van der Waals surface area contributed by atoms with Gasteiger partial charge in [-0.15, -0.1) is 0 Å². The van der Waals surface area contributed by atoms with Gasteiger partial charge >= 0.3 is 5.97 Å². The molecule has 0 atom stereocenters. The predicted molar refractivity (Wildman–Crippen MR) is 117 cm³/mol. The zero-order valence-corrected chi connectivity index (χ0v) is 18.4. The summed E-state index contributed by atoms with van der Waals surface area (Å²) in [5, 5.41) is 13.7. The number of fused-ring (bicyclic) bond motifs is 1. The molecule has 10 heteroatoms. The zero-order valence-electron chi connectivity index (χ0n) is 16.1. The largest absolute Gasteiger partial charge is 0.490 e. The smallest absolute Gasteiger partial charge is 0.341 e. The van der Waals surface area contributed by atoms with Crippen LogP contribution in [0.15, 0.2) is 44.7 Å². The van der Waals surface area contributed by atoms with Crippen LogP contribution in [0.2, 0.25) is 5.02 Å². The highest BCUT2D eigenvalue weighted by molar-refractivity contribution is 9.10. The molecule has 1 aromatic heterocycles. The molecule has 0 aliphatic heterocycles. The molecule has 0 bridgehead atoms. The normalized spacial score (nSPS) is 11.2. The van der Waals surface area contributed by atoms with Crippen LogP contribution in [0, 0.1) is 6.92 Å². The van der Waals surface area contributed by atoms with Crippen molar-refractivity contribution in [3.8, 4) is 11.5 Å². The number of carbonyl (C=O) groups is 1. The standard InChI is InChI=1S/C20H17BrClN3O5/c1-3-29-17-7-12(6-15(22)19(17)30-10-18(26)27)9-23-25-11(2)24-16-5-4-13(21)8-14(16)20(25)28/h4-9H,3,10H2,1-2H3,(H,26,27). The van der Waals surface area contributed by atoms with Crippen LogP contribution in [0.1, 0.15) is 18.3 Å². The Balaban J connectivity index is 2.01. The second-order valence-electron chi connectivity index (χ2n) is 6.13. The third kappa shape index (κ3) is 4.80. The van der Waals surface area contributed by atoms with Crippen molar-refractivity contribution in [2.75, 3.05) is 13.2 Å². The Morgan fingerprint density at radius 3 is 2.80 bits per heavy atom. The molecule has 156 valence electrons. The summed E-state index contributed by atoms with van der Waals surface area (Å²) < 4.78 is 12.7. The highest BCUT2D eigenvalue weighted by Crippen LogP contribution is 2.36. The molecule has 0 saturated heterocycles. The van der Waals surface area contributed by atoms with E-state index in [1.165, 1.54) is 17.0 Å². The van der Waals surface area contributed by atoms with E-state index in [9.17, 15) is 9.59 Å². The van der Waals surface area contributed by atoms with Gasteiger partial charge < -0.3 is 14.6 Å². The molecule has 30 heavy (non-hydrogen) atoms. The van der Waals surface area contributed by atoms with Gasteiger partial charge in [0.2, 0.25) is 0 Å². The van der Waals surface area contributed by atoms with Gasteiger partial charge in [0.25, 0.3) is 5.56 Å². The third-order valence-electron chi connectivity index (χ3n) is 3.96. The molecule has 0 radical (unpaired) electrons. The second-order valence-corrected chi connectivity index (χ2v) is 7.45. The average Bonchev–Trinajstić information content (AvgIpc) is 2.68. The van der Waals surface area contributed by atoms with Crippen molar-refractivity contribution in [1.82, 2.24) is 9.66 Å². The van der Waals surface area contributed by atoms with Crippen LogP contribution >= 0.6 is 27.5 Å². The minimum atomic E-state index is -1.13. The lowest BCUT2D eigenvalue weighted by Crippen LogP contribution is -2.20. The summed E-state index contributed by atoms with van der Waals surface area (Å²) in [5.41, 5.74) is 0.799. The predicted octanol–water partition coefficient (Wildman–Crippen LogP) is 3.87. The summed E-state index contributed by atoms with van der Waals surface area (Å²) in [6.07, 6.45) is 1.44. The number of benzene rings is 2. The Bertz CT molecular complexity index is 1210. The molecule has 1 N–H and O–H groups in total. The first-order chi connectivity index (χ1) is 14.3. The van der Waals surface area contributed by atoms with Gasteiger partial charge in [0.05, 0.1) is 28.7 Å². The summed E-state index contributed by atoms with van der Waals surface area (Å²) in [6.45, 7) is 3.22. The fourth-order valence-corrected chi connectivity index (χ4v) is 3.35. The van der Waals surface area contributed by atoms with E-state index >= 15 is 0 Å². The maximum Gasteiger partial charge on any atom is 0.341 e. The van der Waals surface area contributed by atoms with Gasteiger partial charge in [-0.25, -0.2) is 9.78 Å². The van der Waals surface area contributed by atoms with Crippen molar-refractivity contribution in [2.45, 2.75) is 13.8 Å². The number of hydrogen-bond donors (Lipinski definition) is 1. The number of halogens is 2. The molecular formula is C20H17BrClN3O5. The van der Waals surface area contributed by atoms with Gasteiger partial charge in [0.1, 0.15) is 5.82 Å². The summed E-state index contributed by atoms with van der Waals surface area (Å²) in [5.74, 6) is -0.311. The molecule has 8 nitrogen and oxygen atoms in total. The van der Waals surface area contributed by atoms with Crippen molar-refractivity contribution in [2.24, 2.45) is 5.10 Å². The maximum atomic E-state index is 12.8. The molecule has 0 unspecified atom stereocenters. The van der Waals surface area contributed by atoms with Gasteiger partial charge in [-0.2, -0.15) is 9.78 Å². The number of rotatable bonds is 7. The lowest BCUT2D eigenvalue weighted by atomic mass is 10.2. The lowest BCUT2D eigenvalue weighted by Gasteiger charge is -2.13. The Labute approximate surface area is 184 Å². The molecule has 0 spiro atoms. The Morgan fingerprint density at radius 1 is 1.33 bits per heavy atom. The third-order valence-corrected chi connectivity index (χ3v) is 4.74. The molecular weight excluding hydrogens is 478 g/mol. The van der Waals surface area contributed by atoms with Crippen LogP contribution in [0.4, 0.5) is 0 Å². The molecule has 1 heterocycles. The van der Waals surface area contributed by atoms with Crippen molar-refractivity contribution in [3.05, 3.63) is 61.6 Å². The first-order valence-electron chi connectivity index (χ1n) is 8.84. The van der Waals surface area contributed by atoms with Crippen molar-refractivity contribution in [1.29, 1.82) is 0 Å². The van der Waals surface area contributed by atoms with Crippen molar-refractivity contribution < 1.29 is 19.4 Å². The zero-order chi connectivity index (χ0) is 21.8. The number of ether oxygens (including phenoxy) is 2. The highest BCUT2D eigenvalue weighted by Gasteiger charge is 2.14. The first kappa shape index (κ1) is 21.8. The summed E-state index contributed by atoms with van der Waals surface area (Å²) in [6, 6.07) is 8.39. The van der Waals surface area contributed by atoms with Crippen molar-refractivity contribution >= 4 is 50.6 Å². The lowest BCUT2D eigenvalue weighted by molar-refractivity contribution is -0.139. The molecule has 0 amide bonds. The number of carboxylic acid groups (broad SMARTS) is 1. The molecule has 0 saturated carbocycles. The molecule has 0 fully saturated rings. The summed E-state index contributed by atoms with van der Waals surface area (Å²) >= 11 is 9.60. The van der Waals surface area contributed by atoms with E-state index in [2.05, 4.69) is 26.0 Å². The van der Waals surface area contributed by atoms with E-state index in [0.717, 1.165) is 4.47 Å². The van der Waals surface area contributed by atoms with Crippen molar-refractivity contribution in [3.63, 3.8) is 0 Å². The fourth-order valence-electron chi connectivity index (χ4n) is 2.72. The van der Waals surface area contributed by atoms with Crippen LogP contribution in [0.3, 0.4) is 0 Å². The first-order valence-corrected chi connectivity index (χ1v) is 10.0. The number of nitrogens with zero attached hydrogens (tertiary/aromatic N) is 3. The van der Waals surface area contributed by atoms with E-state index in [4.69, 9.17) is 26.2 Å². The number of hydrogen-bond acceptors (Lipinski definition) is 6. The summed E-state index contributed by atoms with van der Waals surface area (Å²) in [7, 11) is 0. The Kier molecular flexibility index (Phi) is 6.73. The monoisotopic (exact) mass is 493 g/mol. The Hall–Kier alpha value is -2.91.